The lowest BCUT2D eigenvalue weighted by Gasteiger charge is -2.09. The van der Waals surface area contributed by atoms with Gasteiger partial charge in [0.25, 0.3) is 0 Å². The molecular weight excluding hydrogens is 242 g/mol. The first kappa shape index (κ1) is 13.7. The van der Waals surface area contributed by atoms with E-state index in [4.69, 9.17) is 5.11 Å². The van der Waals surface area contributed by atoms with Crippen LogP contribution in [-0.4, -0.2) is 25.5 Å². The van der Waals surface area contributed by atoms with Gasteiger partial charge in [0.2, 0.25) is 10.0 Å². The molecule has 0 aliphatic rings. The van der Waals surface area contributed by atoms with Crippen LogP contribution in [0.3, 0.4) is 0 Å². The molecule has 0 heterocycles. The highest BCUT2D eigenvalue weighted by Gasteiger charge is 2.14. The molecule has 0 saturated carbocycles. The molecule has 0 radical (unpaired) electrons. The molecule has 0 spiro atoms. The van der Waals surface area contributed by atoms with Crippen LogP contribution in [0.4, 0.5) is 0 Å². The van der Waals surface area contributed by atoms with Gasteiger partial charge in [0.1, 0.15) is 0 Å². The molecule has 6 heteroatoms. The Morgan fingerprint density at radius 3 is 2.24 bits per heavy atom. The van der Waals surface area contributed by atoms with Crippen LogP contribution in [0.15, 0.2) is 29.2 Å². The van der Waals surface area contributed by atoms with Gasteiger partial charge in [-0.2, -0.15) is 0 Å². The molecule has 94 valence electrons. The maximum absolute atomic E-state index is 11.7. The van der Waals surface area contributed by atoms with Gasteiger partial charge >= 0.3 is 5.97 Å². The molecule has 0 aliphatic heterocycles. The van der Waals surface area contributed by atoms with Crippen molar-refractivity contribution in [1.82, 2.24) is 4.72 Å². The Hall–Kier alpha value is -1.40. The van der Waals surface area contributed by atoms with Crippen molar-refractivity contribution in [3.63, 3.8) is 0 Å². The molecule has 1 rings (SSSR count). The molecule has 1 aromatic carbocycles. The van der Waals surface area contributed by atoms with Gasteiger partial charge in [0, 0.05) is 6.04 Å². The summed E-state index contributed by atoms with van der Waals surface area (Å²) < 4.78 is 25.9. The Bertz CT molecular complexity index is 491. The largest absolute Gasteiger partial charge is 0.481 e. The average molecular weight is 257 g/mol. The van der Waals surface area contributed by atoms with Crippen LogP contribution in [0.2, 0.25) is 0 Å². The predicted octanol–water partition coefficient (Wildman–Crippen LogP) is 1.00. The molecule has 5 nitrogen and oxygen atoms in total. The number of carboxylic acid groups (broad SMARTS) is 1. The third-order valence-electron chi connectivity index (χ3n) is 1.98. The summed E-state index contributed by atoms with van der Waals surface area (Å²) in [5, 5.41) is 8.58. The Balaban J connectivity index is 2.91. The maximum atomic E-state index is 11.7. The zero-order chi connectivity index (χ0) is 13.1. The summed E-state index contributed by atoms with van der Waals surface area (Å²) in [6.45, 7) is 3.46. The van der Waals surface area contributed by atoms with Gasteiger partial charge in [-0.25, -0.2) is 13.1 Å². The fourth-order valence-corrected chi connectivity index (χ4v) is 2.59. The number of carbonyl (C=O) groups is 1. The monoisotopic (exact) mass is 257 g/mol. The van der Waals surface area contributed by atoms with Crippen LogP contribution in [0.25, 0.3) is 0 Å². The van der Waals surface area contributed by atoms with Gasteiger partial charge < -0.3 is 5.11 Å². The first-order chi connectivity index (χ1) is 7.81. The Morgan fingerprint density at radius 1 is 1.29 bits per heavy atom. The van der Waals surface area contributed by atoms with Gasteiger partial charge in [0.15, 0.2) is 0 Å². The molecule has 1 aromatic rings. The predicted molar refractivity (Wildman–Crippen MR) is 63.2 cm³/mol. The van der Waals surface area contributed by atoms with E-state index in [2.05, 4.69) is 4.72 Å². The van der Waals surface area contributed by atoms with E-state index in [1.165, 1.54) is 24.3 Å². The van der Waals surface area contributed by atoms with Gasteiger partial charge in [0.05, 0.1) is 11.3 Å². The van der Waals surface area contributed by atoms with E-state index < -0.39 is 16.0 Å². The minimum Gasteiger partial charge on any atom is -0.481 e. The van der Waals surface area contributed by atoms with Crippen molar-refractivity contribution in [3.8, 4) is 0 Å². The number of sulfonamides is 1. The van der Waals surface area contributed by atoms with E-state index in [-0.39, 0.29) is 17.4 Å². The minimum atomic E-state index is -3.50. The second-order valence-electron chi connectivity index (χ2n) is 3.99. The fraction of sp³-hybridized carbons (Fsp3) is 0.364. The van der Waals surface area contributed by atoms with Crippen LogP contribution in [0.1, 0.15) is 19.4 Å². The molecule has 0 amide bonds. The second-order valence-corrected chi connectivity index (χ2v) is 5.70. The Morgan fingerprint density at radius 2 is 1.82 bits per heavy atom. The number of benzene rings is 1. The summed E-state index contributed by atoms with van der Waals surface area (Å²) in [6, 6.07) is 5.64. The average Bonchev–Trinajstić information content (AvgIpc) is 2.15. The lowest BCUT2D eigenvalue weighted by atomic mass is 10.2. The summed E-state index contributed by atoms with van der Waals surface area (Å²) in [7, 11) is -3.50. The first-order valence-electron chi connectivity index (χ1n) is 5.14. The summed E-state index contributed by atoms with van der Waals surface area (Å²) in [6.07, 6.45) is -0.113. The highest BCUT2D eigenvalue weighted by molar-refractivity contribution is 7.89. The van der Waals surface area contributed by atoms with Gasteiger partial charge in [-0.1, -0.05) is 12.1 Å². The lowest BCUT2D eigenvalue weighted by molar-refractivity contribution is -0.136. The van der Waals surface area contributed by atoms with Crippen molar-refractivity contribution in [2.75, 3.05) is 0 Å². The minimum absolute atomic E-state index is 0.113. The Labute approximate surface area is 101 Å². The van der Waals surface area contributed by atoms with Crippen LogP contribution >= 0.6 is 0 Å². The van der Waals surface area contributed by atoms with Crippen LogP contribution in [0, 0.1) is 0 Å². The van der Waals surface area contributed by atoms with Crippen LogP contribution < -0.4 is 4.72 Å². The lowest BCUT2D eigenvalue weighted by Crippen LogP contribution is -2.30. The molecule has 2 N–H and O–H groups in total. The molecule has 0 atom stereocenters. The fourth-order valence-electron chi connectivity index (χ4n) is 1.34. The van der Waals surface area contributed by atoms with E-state index in [0.717, 1.165) is 0 Å². The van der Waals surface area contributed by atoms with Crippen LogP contribution in [0.5, 0.6) is 0 Å². The summed E-state index contributed by atoms with van der Waals surface area (Å²) in [5.74, 6) is -0.944. The van der Waals surface area contributed by atoms with Crippen LogP contribution in [-0.2, 0) is 21.2 Å². The third-order valence-corrected chi connectivity index (χ3v) is 3.65. The number of aliphatic carboxylic acids is 1. The number of hydrogen-bond acceptors (Lipinski definition) is 3. The zero-order valence-electron chi connectivity index (χ0n) is 9.67. The summed E-state index contributed by atoms with van der Waals surface area (Å²) >= 11 is 0. The van der Waals surface area contributed by atoms with Gasteiger partial charge in [-0.05, 0) is 31.5 Å². The molecule has 0 aromatic heterocycles. The molecule has 0 bridgehead atoms. The standard InChI is InChI=1S/C11H15NO4S/c1-8(2)12-17(15,16)10-5-3-9(4-6-10)7-11(13)14/h3-6,8,12H,7H2,1-2H3,(H,13,14). The second kappa shape index (κ2) is 5.29. The summed E-state index contributed by atoms with van der Waals surface area (Å²) in [4.78, 5) is 10.6. The SMILES string of the molecule is CC(C)NS(=O)(=O)c1ccc(CC(=O)O)cc1. The smallest absolute Gasteiger partial charge is 0.307 e. The zero-order valence-corrected chi connectivity index (χ0v) is 10.5. The first-order valence-corrected chi connectivity index (χ1v) is 6.62. The van der Waals surface area contributed by atoms with Gasteiger partial charge in [-0.15, -0.1) is 0 Å². The highest BCUT2D eigenvalue weighted by Crippen LogP contribution is 2.11. The Kier molecular flexibility index (Phi) is 4.25. The van der Waals surface area contributed by atoms with Crippen molar-refractivity contribution >= 4 is 16.0 Å². The molecule has 0 aliphatic carbocycles. The third kappa shape index (κ3) is 4.16. The van der Waals surface area contributed by atoms with Crippen molar-refractivity contribution < 1.29 is 18.3 Å². The summed E-state index contributed by atoms with van der Waals surface area (Å²) in [5.41, 5.74) is 0.570. The maximum Gasteiger partial charge on any atom is 0.307 e. The number of carboxylic acids is 1. The van der Waals surface area contributed by atoms with E-state index in [1.807, 2.05) is 0 Å². The van der Waals surface area contributed by atoms with Crippen molar-refractivity contribution in [1.29, 1.82) is 0 Å². The molecule has 0 unspecified atom stereocenters. The van der Waals surface area contributed by atoms with E-state index in [1.54, 1.807) is 13.8 Å². The van der Waals surface area contributed by atoms with E-state index in [9.17, 15) is 13.2 Å². The molecular formula is C11H15NO4S. The number of hydrogen-bond donors (Lipinski definition) is 2. The number of nitrogens with one attached hydrogen (secondary N) is 1. The molecule has 17 heavy (non-hydrogen) atoms. The van der Waals surface area contributed by atoms with Gasteiger partial charge in [-0.3, -0.25) is 4.79 Å². The van der Waals surface area contributed by atoms with E-state index >= 15 is 0 Å². The number of rotatable bonds is 5. The van der Waals surface area contributed by atoms with Crippen molar-refractivity contribution in [2.24, 2.45) is 0 Å². The van der Waals surface area contributed by atoms with Crippen molar-refractivity contribution in [3.05, 3.63) is 29.8 Å². The topological polar surface area (TPSA) is 83.5 Å². The van der Waals surface area contributed by atoms with E-state index in [0.29, 0.717) is 5.56 Å². The quantitative estimate of drug-likeness (QED) is 0.824. The highest BCUT2D eigenvalue weighted by atomic mass is 32.2. The normalized spacial score (nSPS) is 11.7. The molecule has 0 fully saturated rings. The molecule has 0 saturated heterocycles. The van der Waals surface area contributed by atoms with Crippen molar-refractivity contribution in [2.45, 2.75) is 31.2 Å².